The first kappa shape index (κ1) is 13.4. The van der Waals surface area contributed by atoms with Crippen molar-refractivity contribution in [3.05, 3.63) is 95.7 Å². The molecule has 0 spiro atoms. The van der Waals surface area contributed by atoms with Gasteiger partial charge in [0, 0.05) is 24.0 Å². The average molecular weight is 273 g/mol. The molecule has 0 unspecified atom stereocenters. The van der Waals surface area contributed by atoms with Gasteiger partial charge in [-0.1, -0.05) is 66.8 Å². The van der Waals surface area contributed by atoms with E-state index in [1.165, 1.54) is 28.1 Å². The van der Waals surface area contributed by atoms with Gasteiger partial charge in [-0.25, -0.2) is 0 Å². The zero-order valence-corrected chi connectivity index (χ0v) is 12.5. The van der Waals surface area contributed by atoms with Gasteiger partial charge in [-0.2, -0.15) is 0 Å². The highest BCUT2D eigenvalue weighted by atomic mass is 15.1. The van der Waals surface area contributed by atoms with Crippen LogP contribution in [0.4, 0.5) is 5.69 Å². The van der Waals surface area contributed by atoms with Crippen LogP contribution in [-0.2, 0) is 0 Å². The van der Waals surface area contributed by atoms with Gasteiger partial charge in [-0.15, -0.1) is 0 Å². The molecule has 0 saturated heterocycles. The van der Waals surface area contributed by atoms with Crippen LogP contribution < -0.4 is 4.90 Å². The van der Waals surface area contributed by atoms with E-state index in [1.54, 1.807) is 0 Å². The number of anilines is 1. The summed E-state index contributed by atoms with van der Waals surface area (Å²) in [5, 5.41) is 0. The van der Waals surface area contributed by atoms with Gasteiger partial charge in [-0.3, -0.25) is 0 Å². The molecule has 0 aromatic heterocycles. The first-order chi connectivity index (χ1) is 10.3. The van der Waals surface area contributed by atoms with Crippen LogP contribution in [0.25, 0.3) is 5.57 Å². The minimum absolute atomic E-state index is 1.23. The van der Waals surface area contributed by atoms with Crippen LogP contribution in [0.3, 0.4) is 0 Å². The number of rotatable bonds is 0. The fourth-order valence-electron chi connectivity index (χ4n) is 2.68. The summed E-state index contributed by atoms with van der Waals surface area (Å²) in [6.45, 7) is 2.16. The molecule has 2 aliphatic rings. The number of allylic oxidation sites excluding steroid dienone is 7. The Balaban J connectivity index is 2.34. The lowest BCUT2D eigenvalue weighted by molar-refractivity contribution is 1.11. The van der Waals surface area contributed by atoms with E-state index in [-0.39, 0.29) is 0 Å². The van der Waals surface area contributed by atoms with Gasteiger partial charge in [0.2, 0.25) is 0 Å². The molecule has 104 valence electrons. The molecule has 1 aromatic carbocycles. The Bertz CT molecular complexity index is 731. The fourth-order valence-corrected chi connectivity index (χ4v) is 2.68. The molecule has 0 radical (unpaired) electrons. The van der Waals surface area contributed by atoms with E-state index in [2.05, 4.69) is 97.8 Å². The highest BCUT2D eigenvalue weighted by Gasteiger charge is 2.19. The van der Waals surface area contributed by atoms with Crippen molar-refractivity contribution in [1.29, 1.82) is 0 Å². The fraction of sp³-hybridized carbons (Fsp3) is 0.100. The second-order valence-electron chi connectivity index (χ2n) is 5.23. The summed E-state index contributed by atoms with van der Waals surface area (Å²) in [4.78, 5) is 2.26. The Morgan fingerprint density at radius 1 is 0.810 bits per heavy atom. The predicted octanol–water partition coefficient (Wildman–Crippen LogP) is 4.96. The van der Waals surface area contributed by atoms with Gasteiger partial charge in [0.05, 0.1) is 0 Å². The van der Waals surface area contributed by atoms with Gasteiger partial charge < -0.3 is 4.90 Å². The van der Waals surface area contributed by atoms with E-state index in [0.717, 1.165) is 0 Å². The zero-order chi connectivity index (χ0) is 14.7. The second-order valence-corrected chi connectivity index (χ2v) is 5.23. The molecule has 1 aliphatic carbocycles. The number of aryl methyl sites for hydroxylation is 1. The predicted molar refractivity (Wildman–Crippen MR) is 91.6 cm³/mol. The van der Waals surface area contributed by atoms with E-state index in [0.29, 0.717) is 0 Å². The minimum Gasteiger partial charge on any atom is -0.344 e. The van der Waals surface area contributed by atoms with Crippen molar-refractivity contribution in [2.75, 3.05) is 11.9 Å². The summed E-state index contributed by atoms with van der Waals surface area (Å²) in [6, 6.07) is 14.9. The minimum atomic E-state index is 1.23. The summed E-state index contributed by atoms with van der Waals surface area (Å²) >= 11 is 0. The van der Waals surface area contributed by atoms with E-state index >= 15 is 0 Å². The van der Waals surface area contributed by atoms with Crippen LogP contribution in [0.2, 0.25) is 0 Å². The Kier molecular flexibility index (Phi) is 3.74. The van der Waals surface area contributed by atoms with Crippen LogP contribution in [0, 0.1) is 6.92 Å². The Labute approximate surface area is 126 Å². The van der Waals surface area contributed by atoms with Crippen molar-refractivity contribution < 1.29 is 0 Å². The lowest BCUT2D eigenvalue weighted by Gasteiger charge is -2.30. The SMILES string of the molecule is Cc1ccccccc2cc1N(C)C1=C/C=C\C=C/C=C\12. The van der Waals surface area contributed by atoms with Crippen LogP contribution in [0.1, 0.15) is 11.1 Å². The van der Waals surface area contributed by atoms with Crippen molar-refractivity contribution in [3.63, 3.8) is 0 Å². The van der Waals surface area contributed by atoms with Gasteiger partial charge >= 0.3 is 0 Å². The van der Waals surface area contributed by atoms with E-state index in [1.807, 2.05) is 0 Å². The highest BCUT2D eigenvalue weighted by molar-refractivity contribution is 5.89. The number of nitrogens with zero attached hydrogens (tertiary/aromatic N) is 1. The van der Waals surface area contributed by atoms with Crippen LogP contribution >= 0.6 is 0 Å². The van der Waals surface area contributed by atoms with Crippen LogP contribution in [-0.4, -0.2) is 7.05 Å². The molecule has 0 N–H and O–H groups in total. The molecule has 0 fully saturated rings. The van der Waals surface area contributed by atoms with E-state index in [9.17, 15) is 0 Å². The molecular weight excluding hydrogens is 254 g/mol. The molecule has 1 aliphatic heterocycles. The monoisotopic (exact) mass is 273 g/mol. The lowest BCUT2D eigenvalue weighted by Crippen LogP contribution is -2.21. The maximum absolute atomic E-state index is 2.26. The number of hydrogen-bond acceptors (Lipinski definition) is 1. The molecule has 1 nitrogen and oxygen atoms in total. The third kappa shape index (κ3) is 2.68. The van der Waals surface area contributed by atoms with Gasteiger partial charge in [0.25, 0.3) is 0 Å². The molecule has 0 atom stereocenters. The molecule has 3 rings (SSSR count). The van der Waals surface area contributed by atoms with Crippen molar-refractivity contribution in [2.24, 2.45) is 0 Å². The first-order valence-corrected chi connectivity index (χ1v) is 7.21. The molecule has 0 amide bonds. The number of fused-ring (bicyclic) bond motifs is 4. The largest absolute Gasteiger partial charge is 0.344 e. The highest BCUT2D eigenvalue weighted by Crippen LogP contribution is 2.36. The number of hydrogen-bond donors (Lipinski definition) is 0. The summed E-state index contributed by atoms with van der Waals surface area (Å²) < 4.78 is 0. The number of likely N-dealkylation sites (N-methyl/N-ethyl adjacent to an activating group) is 1. The molecule has 2 bridgehead atoms. The van der Waals surface area contributed by atoms with Crippen LogP contribution in [0.15, 0.2) is 84.6 Å². The standard InChI is InChI=1S/C20H19N/c1-16-11-7-3-4-8-12-17-15-20(16)21(2)19-14-10-6-5-9-13-18(17)19/h3-15H,1-2H3/b4-3?,6-5?,7-3?,8-4?,9-5-,10-6-,11-7?,12-8?,13-9?,14-10?,16-11?,17-12?,18-13-,19-14+,20-16?. The first-order valence-electron chi connectivity index (χ1n) is 7.21. The Morgan fingerprint density at radius 2 is 1.52 bits per heavy atom. The normalized spacial score (nSPS) is 23.2. The van der Waals surface area contributed by atoms with E-state index < -0.39 is 0 Å². The Hall–Kier alpha value is -2.54. The van der Waals surface area contributed by atoms with Crippen molar-refractivity contribution in [2.45, 2.75) is 6.92 Å². The molecule has 1 aromatic rings. The molecular formula is C20H19N. The van der Waals surface area contributed by atoms with Gasteiger partial charge in [-0.05, 0) is 30.2 Å². The maximum Gasteiger partial charge on any atom is 0.0487 e. The second kappa shape index (κ2) is 5.84. The zero-order valence-electron chi connectivity index (χ0n) is 12.5. The lowest BCUT2D eigenvalue weighted by atomic mass is 9.95. The molecule has 0 saturated carbocycles. The smallest absolute Gasteiger partial charge is 0.0487 e. The summed E-state index contributed by atoms with van der Waals surface area (Å²) in [7, 11) is 2.13. The topological polar surface area (TPSA) is 3.24 Å². The summed E-state index contributed by atoms with van der Waals surface area (Å²) in [5.41, 5.74) is 6.22. The third-order valence-electron chi connectivity index (χ3n) is 3.81. The third-order valence-corrected chi connectivity index (χ3v) is 3.81. The van der Waals surface area contributed by atoms with Crippen molar-refractivity contribution in [3.8, 4) is 0 Å². The molecule has 1 heteroatoms. The van der Waals surface area contributed by atoms with E-state index in [4.69, 9.17) is 0 Å². The van der Waals surface area contributed by atoms with Gasteiger partial charge in [0.15, 0.2) is 0 Å². The maximum atomic E-state index is 2.26. The van der Waals surface area contributed by atoms with Crippen molar-refractivity contribution >= 4 is 11.3 Å². The average Bonchev–Trinajstić information content (AvgIpc) is 2.45. The van der Waals surface area contributed by atoms with Crippen LogP contribution in [0.5, 0.6) is 0 Å². The summed E-state index contributed by atoms with van der Waals surface area (Å²) in [5.74, 6) is 0. The molecule has 21 heavy (non-hydrogen) atoms. The quantitative estimate of drug-likeness (QED) is 0.645. The summed E-state index contributed by atoms with van der Waals surface area (Å²) in [6.07, 6.45) is 12.7. The van der Waals surface area contributed by atoms with Crippen molar-refractivity contribution in [1.82, 2.24) is 0 Å². The Morgan fingerprint density at radius 3 is 2.33 bits per heavy atom. The molecule has 1 heterocycles. The van der Waals surface area contributed by atoms with Gasteiger partial charge in [0.1, 0.15) is 0 Å².